The van der Waals surface area contributed by atoms with Crippen LogP contribution in [0.3, 0.4) is 0 Å². The van der Waals surface area contributed by atoms with Crippen molar-refractivity contribution in [1.29, 1.82) is 0 Å². The molecule has 0 saturated heterocycles. The second-order valence-electron chi connectivity index (χ2n) is 5.50. The Morgan fingerprint density at radius 3 is 2.00 bits per heavy atom. The molecule has 3 aromatic carbocycles. The SMILES string of the molecule is [Al][O]c1ccccc1-c1nnc(-c2ccccc2)n1-c1ccccc1. The van der Waals surface area contributed by atoms with Gasteiger partial charge in [0.1, 0.15) is 0 Å². The van der Waals surface area contributed by atoms with Crippen molar-refractivity contribution in [3.63, 3.8) is 0 Å². The summed E-state index contributed by atoms with van der Waals surface area (Å²) in [5, 5.41) is 8.94. The first kappa shape index (κ1) is 15.6. The van der Waals surface area contributed by atoms with Crippen LogP contribution in [0.1, 0.15) is 0 Å². The van der Waals surface area contributed by atoms with Gasteiger partial charge in [-0.25, -0.2) is 0 Å². The van der Waals surface area contributed by atoms with E-state index in [1.165, 1.54) is 0 Å². The van der Waals surface area contributed by atoms with E-state index < -0.39 is 0 Å². The van der Waals surface area contributed by atoms with Crippen molar-refractivity contribution < 1.29 is 3.79 Å². The predicted molar refractivity (Wildman–Crippen MR) is 98.6 cm³/mol. The largest absolute Gasteiger partial charge is 0.653 e. The molecule has 25 heavy (non-hydrogen) atoms. The van der Waals surface area contributed by atoms with Gasteiger partial charge in [0.05, 0.1) is 11.3 Å². The quantitative estimate of drug-likeness (QED) is 0.526. The van der Waals surface area contributed by atoms with Crippen molar-refractivity contribution in [3.8, 4) is 34.2 Å². The summed E-state index contributed by atoms with van der Waals surface area (Å²) >= 11 is 2.30. The Hall–Kier alpha value is -2.87. The molecule has 0 unspecified atom stereocenters. The van der Waals surface area contributed by atoms with E-state index in [1.54, 1.807) is 0 Å². The van der Waals surface area contributed by atoms with Crippen molar-refractivity contribution in [2.24, 2.45) is 0 Å². The molecular weight excluding hydrogens is 325 g/mol. The van der Waals surface area contributed by atoms with E-state index in [2.05, 4.69) is 31.4 Å². The van der Waals surface area contributed by atoms with Gasteiger partial charge in [-0.2, -0.15) is 0 Å². The molecule has 0 spiro atoms. The van der Waals surface area contributed by atoms with E-state index in [9.17, 15) is 0 Å². The Morgan fingerprint density at radius 2 is 1.28 bits per heavy atom. The van der Waals surface area contributed by atoms with Crippen LogP contribution in [-0.2, 0) is 0 Å². The fraction of sp³-hybridized carbons (Fsp3) is 0. The lowest BCUT2D eigenvalue weighted by atomic mass is 10.1. The van der Waals surface area contributed by atoms with Crippen LogP contribution in [-0.4, -0.2) is 31.4 Å². The van der Waals surface area contributed by atoms with Crippen LogP contribution in [0.4, 0.5) is 0 Å². The van der Waals surface area contributed by atoms with Crippen molar-refractivity contribution >= 4 is 16.6 Å². The molecule has 0 amide bonds. The zero-order valence-corrected chi connectivity index (χ0v) is 14.6. The maximum absolute atomic E-state index is 5.44. The molecular formula is C20H14AlN3O. The van der Waals surface area contributed by atoms with Crippen LogP contribution in [0.5, 0.6) is 5.75 Å². The first-order valence-corrected chi connectivity index (χ1v) is 8.38. The predicted octanol–water partition coefficient (Wildman–Crippen LogP) is 4.06. The molecule has 0 bridgehead atoms. The van der Waals surface area contributed by atoms with Gasteiger partial charge in [0.2, 0.25) is 0 Å². The molecule has 0 aliphatic carbocycles. The number of rotatable bonds is 4. The topological polar surface area (TPSA) is 39.9 Å². The van der Waals surface area contributed by atoms with Crippen LogP contribution in [0.15, 0.2) is 84.9 Å². The van der Waals surface area contributed by atoms with Crippen LogP contribution in [0.25, 0.3) is 28.5 Å². The van der Waals surface area contributed by atoms with E-state index in [0.29, 0.717) is 0 Å². The van der Waals surface area contributed by atoms with Gasteiger partial charge in [-0.1, -0.05) is 60.7 Å². The van der Waals surface area contributed by atoms with Crippen LogP contribution >= 0.6 is 0 Å². The molecule has 0 fully saturated rings. The summed E-state index contributed by atoms with van der Waals surface area (Å²) < 4.78 is 7.49. The minimum Gasteiger partial charge on any atom is -0.653 e. The molecule has 4 aromatic rings. The lowest BCUT2D eigenvalue weighted by Gasteiger charge is -2.13. The number of hydrogen-bond donors (Lipinski definition) is 0. The molecule has 0 atom stereocenters. The Morgan fingerprint density at radius 1 is 0.680 bits per heavy atom. The highest BCUT2D eigenvalue weighted by Gasteiger charge is 2.18. The minimum absolute atomic E-state index is 0.733. The Labute approximate surface area is 154 Å². The summed E-state index contributed by atoms with van der Waals surface area (Å²) in [4.78, 5) is 0. The second kappa shape index (κ2) is 6.94. The fourth-order valence-electron chi connectivity index (χ4n) is 2.81. The molecule has 4 nitrogen and oxygen atoms in total. The van der Waals surface area contributed by atoms with E-state index in [4.69, 9.17) is 3.79 Å². The normalized spacial score (nSPS) is 10.6. The molecule has 0 aliphatic rings. The first-order chi connectivity index (χ1) is 12.4. The van der Waals surface area contributed by atoms with Crippen LogP contribution < -0.4 is 3.79 Å². The number of nitrogens with zero attached hydrogens (tertiary/aromatic N) is 3. The average molecular weight is 339 g/mol. The molecule has 4 rings (SSSR count). The fourth-order valence-corrected chi connectivity index (χ4v) is 3.01. The lowest BCUT2D eigenvalue weighted by Crippen LogP contribution is -2.01. The van der Waals surface area contributed by atoms with Crippen molar-refractivity contribution in [2.75, 3.05) is 0 Å². The Balaban J connectivity index is 1.99. The van der Waals surface area contributed by atoms with Gasteiger partial charge in [-0.3, -0.25) is 4.57 Å². The maximum Gasteiger partial charge on any atom is 0.482 e. The van der Waals surface area contributed by atoms with Gasteiger partial charge in [-0.15, -0.1) is 10.2 Å². The smallest absolute Gasteiger partial charge is 0.482 e. The Bertz CT molecular complexity index is 984. The zero-order chi connectivity index (χ0) is 17.1. The highest BCUT2D eigenvalue weighted by molar-refractivity contribution is 6.00. The van der Waals surface area contributed by atoms with E-state index in [0.717, 1.165) is 34.2 Å². The van der Waals surface area contributed by atoms with Gasteiger partial charge < -0.3 is 3.79 Å². The van der Waals surface area contributed by atoms with E-state index >= 15 is 0 Å². The highest BCUT2D eigenvalue weighted by Crippen LogP contribution is 2.33. The molecule has 0 N–H and O–H groups in total. The van der Waals surface area contributed by atoms with E-state index in [1.807, 2.05) is 84.9 Å². The molecule has 5 heteroatoms. The Kier molecular flexibility index (Phi) is 4.34. The van der Waals surface area contributed by atoms with Crippen LogP contribution in [0, 0.1) is 0 Å². The van der Waals surface area contributed by atoms with Gasteiger partial charge in [0.15, 0.2) is 11.6 Å². The van der Waals surface area contributed by atoms with E-state index in [-0.39, 0.29) is 0 Å². The third-order valence-electron chi connectivity index (χ3n) is 3.96. The van der Waals surface area contributed by atoms with Crippen molar-refractivity contribution in [2.45, 2.75) is 0 Å². The standard InChI is InChI=1S/C20H15N3O.Al/c24-18-14-8-7-13-17(18)20-22-21-19(15-9-3-1-4-10-15)23(20)16-11-5-2-6-12-16;/h1-14,24H;/q;+1/p-1. The number of aromatic nitrogens is 3. The third-order valence-corrected chi connectivity index (χ3v) is 4.22. The number of benzene rings is 3. The van der Waals surface area contributed by atoms with Gasteiger partial charge in [0.25, 0.3) is 0 Å². The maximum atomic E-state index is 5.44. The molecule has 1 aromatic heterocycles. The number of hydrogen-bond acceptors (Lipinski definition) is 3. The summed E-state index contributed by atoms with van der Waals surface area (Å²) in [6.07, 6.45) is 0. The highest BCUT2D eigenvalue weighted by atomic mass is 27.1. The zero-order valence-electron chi connectivity index (χ0n) is 13.4. The monoisotopic (exact) mass is 339 g/mol. The average Bonchev–Trinajstić information content (AvgIpc) is 3.14. The first-order valence-electron chi connectivity index (χ1n) is 7.91. The van der Waals surface area contributed by atoms with Gasteiger partial charge >= 0.3 is 16.6 Å². The summed E-state index contributed by atoms with van der Waals surface area (Å²) in [6.45, 7) is 0. The third kappa shape index (κ3) is 2.96. The summed E-state index contributed by atoms with van der Waals surface area (Å²) in [5.74, 6) is 2.26. The van der Waals surface area contributed by atoms with Crippen molar-refractivity contribution in [3.05, 3.63) is 84.9 Å². The molecule has 0 aliphatic heterocycles. The molecule has 118 valence electrons. The summed E-state index contributed by atoms with van der Waals surface area (Å²) in [6, 6.07) is 27.9. The molecule has 0 saturated carbocycles. The number of para-hydroxylation sites is 2. The second-order valence-corrected chi connectivity index (χ2v) is 5.73. The minimum atomic E-state index is 0.733. The summed E-state index contributed by atoms with van der Waals surface area (Å²) in [5.41, 5.74) is 2.89. The molecule has 2 radical (unpaired) electrons. The summed E-state index contributed by atoms with van der Waals surface area (Å²) in [7, 11) is 0. The molecule has 1 heterocycles. The van der Waals surface area contributed by atoms with Crippen molar-refractivity contribution in [1.82, 2.24) is 14.8 Å². The van der Waals surface area contributed by atoms with Crippen LogP contribution in [0.2, 0.25) is 0 Å². The van der Waals surface area contributed by atoms with Gasteiger partial charge in [0, 0.05) is 11.3 Å². The lowest BCUT2D eigenvalue weighted by molar-refractivity contribution is 0.617. The van der Waals surface area contributed by atoms with Gasteiger partial charge in [-0.05, 0) is 24.3 Å².